The van der Waals surface area contributed by atoms with E-state index < -0.39 is 11.6 Å². The van der Waals surface area contributed by atoms with Gasteiger partial charge in [0, 0.05) is 51.0 Å². The SMILES string of the molecule is CCNC(=NCC1CCN(c2ccc(F)c(F)c2)C1)N1CCC(C)CC1.I. The maximum atomic E-state index is 13.5. The number of nitrogens with one attached hydrogen (secondary N) is 1. The van der Waals surface area contributed by atoms with Crippen LogP contribution in [0.1, 0.15) is 33.1 Å². The summed E-state index contributed by atoms with van der Waals surface area (Å²) >= 11 is 0. The second kappa shape index (κ2) is 10.4. The van der Waals surface area contributed by atoms with Crippen LogP contribution in [-0.4, -0.2) is 50.1 Å². The van der Waals surface area contributed by atoms with Gasteiger partial charge in [-0.1, -0.05) is 6.92 Å². The fourth-order valence-electron chi connectivity index (χ4n) is 3.76. The first kappa shape index (κ1) is 22.2. The molecule has 1 unspecified atom stereocenters. The Morgan fingerprint density at radius 1 is 1.15 bits per heavy atom. The van der Waals surface area contributed by atoms with Crippen molar-refractivity contribution in [1.29, 1.82) is 0 Å². The highest BCUT2D eigenvalue weighted by Gasteiger charge is 2.24. The van der Waals surface area contributed by atoms with Crippen LogP contribution in [0.2, 0.25) is 0 Å². The van der Waals surface area contributed by atoms with Gasteiger partial charge < -0.3 is 15.1 Å². The first-order valence-electron chi connectivity index (χ1n) is 9.80. The molecule has 2 saturated heterocycles. The van der Waals surface area contributed by atoms with Crippen molar-refractivity contribution >= 4 is 35.6 Å². The van der Waals surface area contributed by atoms with E-state index in [1.807, 2.05) is 0 Å². The monoisotopic (exact) mass is 492 g/mol. The Balaban J connectivity index is 0.00000261. The van der Waals surface area contributed by atoms with Gasteiger partial charge in [-0.2, -0.15) is 0 Å². The lowest BCUT2D eigenvalue weighted by Gasteiger charge is -2.33. The van der Waals surface area contributed by atoms with Crippen molar-refractivity contribution in [2.24, 2.45) is 16.8 Å². The highest BCUT2D eigenvalue weighted by atomic mass is 127. The van der Waals surface area contributed by atoms with Crippen molar-refractivity contribution in [2.45, 2.75) is 33.1 Å². The molecule has 0 amide bonds. The molecule has 3 rings (SSSR count). The predicted octanol–water partition coefficient (Wildman–Crippen LogP) is 4.11. The molecule has 152 valence electrons. The second-order valence-corrected chi connectivity index (χ2v) is 7.56. The maximum Gasteiger partial charge on any atom is 0.193 e. The summed E-state index contributed by atoms with van der Waals surface area (Å²) in [6.45, 7) is 9.89. The van der Waals surface area contributed by atoms with Crippen molar-refractivity contribution in [3.8, 4) is 0 Å². The number of nitrogens with zero attached hydrogens (tertiary/aromatic N) is 3. The number of anilines is 1. The Morgan fingerprint density at radius 3 is 2.56 bits per heavy atom. The maximum absolute atomic E-state index is 13.5. The molecular weight excluding hydrogens is 461 g/mol. The largest absolute Gasteiger partial charge is 0.371 e. The molecule has 0 saturated carbocycles. The third kappa shape index (κ3) is 5.93. The molecule has 0 aliphatic carbocycles. The molecule has 0 radical (unpaired) electrons. The Kier molecular flexibility index (Phi) is 8.57. The van der Waals surface area contributed by atoms with Gasteiger partial charge in [0.05, 0.1) is 0 Å². The fourth-order valence-corrected chi connectivity index (χ4v) is 3.76. The van der Waals surface area contributed by atoms with Crippen LogP contribution >= 0.6 is 24.0 Å². The highest BCUT2D eigenvalue weighted by molar-refractivity contribution is 14.0. The summed E-state index contributed by atoms with van der Waals surface area (Å²) in [7, 11) is 0. The van der Waals surface area contributed by atoms with E-state index in [9.17, 15) is 8.78 Å². The van der Waals surface area contributed by atoms with Crippen molar-refractivity contribution in [1.82, 2.24) is 10.2 Å². The molecule has 1 N–H and O–H groups in total. The van der Waals surface area contributed by atoms with Crippen LogP contribution in [0.3, 0.4) is 0 Å². The first-order valence-corrected chi connectivity index (χ1v) is 9.80. The molecule has 0 aromatic heterocycles. The highest BCUT2D eigenvalue weighted by Crippen LogP contribution is 2.25. The van der Waals surface area contributed by atoms with E-state index in [0.29, 0.717) is 5.92 Å². The first-order chi connectivity index (χ1) is 12.6. The summed E-state index contributed by atoms with van der Waals surface area (Å²) in [5.41, 5.74) is 0.757. The van der Waals surface area contributed by atoms with Crippen LogP contribution in [0.15, 0.2) is 23.2 Å². The lowest BCUT2D eigenvalue weighted by molar-refractivity contribution is 0.273. The van der Waals surface area contributed by atoms with Gasteiger partial charge in [0.1, 0.15) is 0 Å². The van der Waals surface area contributed by atoms with Crippen LogP contribution in [0.4, 0.5) is 14.5 Å². The van der Waals surface area contributed by atoms with Crippen molar-refractivity contribution in [2.75, 3.05) is 44.2 Å². The van der Waals surface area contributed by atoms with Gasteiger partial charge in [-0.05, 0) is 50.2 Å². The van der Waals surface area contributed by atoms with Crippen LogP contribution in [-0.2, 0) is 0 Å². The zero-order valence-electron chi connectivity index (χ0n) is 16.3. The molecule has 1 aromatic rings. The fraction of sp³-hybridized carbons (Fsp3) is 0.650. The van der Waals surface area contributed by atoms with Gasteiger partial charge in [-0.15, -0.1) is 24.0 Å². The van der Waals surface area contributed by atoms with E-state index >= 15 is 0 Å². The summed E-state index contributed by atoms with van der Waals surface area (Å²) in [5.74, 6) is 0.692. The van der Waals surface area contributed by atoms with Gasteiger partial charge in [0.2, 0.25) is 0 Å². The Hall–Kier alpha value is -1.12. The lowest BCUT2D eigenvalue weighted by Crippen LogP contribution is -2.45. The summed E-state index contributed by atoms with van der Waals surface area (Å²) in [4.78, 5) is 9.36. The summed E-state index contributed by atoms with van der Waals surface area (Å²) in [5, 5.41) is 3.42. The van der Waals surface area contributed by atoms with Gasteiger partial charge in [0.15, 0.2) is 17.6 Å². The van der Waals surface area contributed by atoms with Gasteiger partial charge in [-0.3, -0.25) is 4.99 Å². The Labute approximate surface area is 178 Å². The lowest BCUT2D eigenvalue weighted by atomic mass is 9.99. The number of hydrogen-bond acceptors (Lipinski definition) is 2. The van der Waals surface area contributed by atoms with E-state index in [1.165, 1.54) is 25.0 Å². The van der Waals surface area contributed by atoms with Crippen LogP contribution < -0.4 is 10.2 Å². The molecular formula is C20H31F2IN4. The zero-order valence-corrected chi connectivity index (χ0v) is 18.6. The molecule has 1 aromatic carbocycles. The van der Waals surface area contributed by atoms with E-state index in [2.05, 4.69) is 29.0 Å². The average Bonchev–Trinajstić information content (AvgIpc) is 3.11. The topological polar surface area (TPSA) is 30.9 Å². The molecule has 2 fully saturated rings. The minimum absolute atomic E-state index is 0. The van der Waals surface area contributed by atoms with E-state index in [-0.39, 0.29) is 24.0 Å². The molecule has 27 heavy (non-hydrogen) atoms. The Bertz CT molecular complexity index is 632. The summed E-state index contributed by atoms with van der Waals surface area (Å²) in [6, 6.07) is 4.15. The average molecular weight is 492 g/mol. The van der Waals surface area contributed by atoms with Crippen molar-refractivity contribution in [3.05, 3.63) is 29.8 Å². The normalized spacial score (nSPS) is 21.3. The molecule has 7 heteroatoms. The molecule has 2 aliphatic heterocycles. The predicted molar refractivity (Wildman–Crippen MR) is 118 cm³/mol. The molecule has 2 heterocycles. The third-order valence-corrected chi connectivity index (χ3v) is 5.47. The molecule has 1 atom stereocenters. The van der Waals surface area contributed by atoms with E-state index in [4.69, 9.17) is 4.99 Å². The number of guanidine groups is 1. The number of aliphatic imine (C=N–C) groups is 1. The van der Waals surface area contributed by atoms with E-state index in [0.717, 1.165) is 63.3 Å². The minimum Gasteiger partial charge on any atom is -0.371 e. The second-order valence-electron chi connectivity index (χ2n) is 7.56. The number of halogens is 3. The molecule has 0 bridgehead atoms. The van der Waals surface area contributed by atoms with Gasteiger partial charge in [-0.25, -0.2) is 8.78 Å². The molecule has 2 aliphatic rings. The summed E-state index contributed by atoms with van der Waals surface area (Å²) < 4.78 is 26.6. The minimum atomic E-state index is -0.791. The van der Waals surface area contributed by atoms with Gasteiger partial charge >= 0.3 is 0 Å². The van der Waals surface area contributed by atoms with E-state index in [1.54, 1.807) is 6.07 Å². The summed E-state index contributed by atoms with van der Waals surface area (Å²) in [6.07, 6.45) is 3.47. The number of piperidine rings is 1. The van der Waals surface area contributed by atoms with Gasteiger partial charge in [0.25, 0.3) is 0 Å². The number of hydrogen-bond donors (Lipinski definition) is 1. The standard InChI is InChI=1S/C20H30F2N4.HI/c1-3-23-20(25-9-6-15(2)7-10-25)24-13-16-8-11-26(14-16)17-4-5-18(21)19(22)12-17;/h4-5,12,15-16H,3,6-11,13-14H2,1-2H3,(H,23,24);1H. The van der Waals surface area contributed by atoms with Crippen molar-refractivity contribution < 1.29 is 8.78 Å². The number of likely N-dealkylation sites (tertiary alicyclic amines) is 1. The van der Waals surface area contributed by atoms with Crippen LogP contribution in [0.25, 0.3) is 0 Å². The van der Waals surface area contributed by atoms with Crippen LogP contribution in [0.5, 0.6) is 0 Å². The molecule has 4 nitrogen and oxygen atoms in total. The van der Waals surface area contributed by atoms with Crippen molar-refractivity contribution in [3.63, 3.8) is 0 Å². The number of benzene rings is 1. The zero-order chi connectivity index (χ0) is 18.5. The third-order valence-electron chi connectivity index (χ3n) is 5.47. The molecule has 0 spiro atoms. The van der Waals surface area contributed by atoms with Crippen LogP contribution in [0, 0.1) is 23.5 Å². The quantitative estimate of drug-likeness (QED) is 0.390. The Morgan fingerprint density at radius 2 is 1.89 bits per heavy atom. The number of rotatable bonds is 4. The smallest absolute Gasteiger partial charge is 0.193 e.